The summed E-state index contributed by atoms with van der Waals surface area (Å²) in [5.74, 6) is 2.01. The number of benzene rings is 17. The Bertz CT molecular complexity index is 7770. The van der Waals surface area contributed by atoms with Gasteiger partial charge in [0.1, 0.15) is 46.0 Å². The van der Waals surface area contributed by atoms with Gasteiger partial charge < -0.3 is 18.9 Å². The lowest BCUT2D eigenvalue weighted by molar-refractivity contribution is 0.0877. The predicted molar refractivity (Wildman–Crippen MR) is 565 cm³/mol. The van der Waals surface area contributed by atoms with E-state index in [-0.39, 0.29) is 57.2 Å². The Morgan fingerprint density at radius 2 is 0.566 bits per heavy atom. The first-order valence-electron chi connectivity index (χ1n) is 47.7. The number of fused-ring (bicyclic) bond motifs is 6. The third-order valence-corrected chi connectivity index (χ3v) is 29.3. The van der Waals surface area contributed by atoms with Crippen molar-refractivity contribution in [3.63, 3.8) is 0 Å². The fourth-order valence-corrected chi connectivity index (χ4v) is 22.0. The van der Waals surface area contributed by atoms with Crippen LogP contribution in [0.1, 0.15) is 265 Å². The zero-order valence-electron chi connectivity index (χ0n) is 80.8. The van der Waals surface area contributed by atoms with Crippen LogP contribution in [0.5, 0.6) is 46.0 Å². The standard InChI is InChI=1S/C124H110Cl2N2O8/c1-65(2)81-25-21-26-82(66(3)4)115(81)127-117(129)95-61-101(133-77-45-37-73(38-46-77)121(9,10)11)109-89-31-23-29-87-85(53-55-91(105(87)89)111-103(63-97(119(127)131)107(95)113(109)111)135-79-49-41-75(42-50-79)123(15,16)17)93-57-69-33-35-72-60-100(126)94(58-70(72)34-36-71(69)59-99(93)125)86-54-56-92-106-88(86)30-24-32-90(106)110-102(134-78-47-39-74(40-48-78)122(12,13)14)62-96-108-98(64-104(112(92)114(108)110)136-80-51-43-76(44-52-80)124(18,19)20)120(132)128(118(96)130)116-83(67(5)6)27-22-28-84(116)68(7)8/h21-69,71H,1-20H3/b35-33-,36-34-/t69?,71-/m1/s1. The normalized spacial score (nSPS) is 15.9. The topological polar surface area (TPSA) is 112 Å². The molecule has 0 bridgehead atoms. The molecule has 678 valence electrons. The molecule has 0 saturated heterocycles. The molecule has 0 saturated carbocycles. The van der Waals surface area contributed by atoms with E-state index >= 15 is 19.2 Å². The van der Waals surface area contributed by atoms with Crippen LogP contribution >= 0.6 is 23.2 Å². The van der Waals surface area contributed by atoms with Crippen molar-refractivity contribution in [2.75, 3.05) is 9.80 Å². The van der Waals surface area contributed by atoms with Gasteiger partial charge in [-0.2, -0.15) is 0 Å². The van der Waals surface area contributed by atoms with Crippen molar-refractivity contribution in [1.82, 2.24) is 0 Å². The summed E-state index contributed by atoms with van der Waals surface area (Å²) in [5, 5.41) is 13.6. The van der Waals surface area contributed by atoms with Crippen LogP contribution in [0.25, 0.3) is 115 Å². The third kappa shape index (κ3) is 14.6. The minimum Gasteiger partial charge on any atom is -0.457 e. The molecule has 0 aromatic heterocycles. The lowest BCUT2D eigenvalue weighted by Gasteiger charge is -2.33. The molecule has 0 radical (unpaired) electrons. The summed E-state index contributed by atoms with van der Waals surface area (Å²) in [5.41, 5.74) is 15.6. The Balaban J connectivity index is 0.714. The molecule has 0 N–H and O–H groups in total. The first-order chi connectivity index (χ1) is 64.8. The Morgan fingerprint density at radius 3 is 0.890 bits per heavy atom. The molecule has 2 heterocycles. The average Bonchev–Trinajstić information content (AvgIpc) is 0.685. The van der Waals surface area contributed by atoms with Crippen molar-refractivity contribution in [1.29, 1.82) is 0 Å². The number of amides is 4. The van der Waals surface area contributed by atoms with Crippen molar-refractivity contribution in [2.45, 2.75) is 184 Å². The van der Waals surface area contributed by atoms with Gasteiger partial charge in [-0.15, -0.1) is 0 Å². The van der Waals surface area contributed by atoms with Gasteiger partial charge in [-0.3, -0.25) is 19.2 Å². The average molecular weight is 1830 g/mol. The summed E-state index contributed by atoms with van der Waals surface area (Å²) in [6.45, 7) is 43.1. The summed E-state index contributed by atoms with van der Waals surface area (Å²) in [4.78, 5) is 67.7. The van der Waals surface area contributed by atoms with E-state index in [0.717, 1.165) is 143 Å². The van der Waals surface area contributed by atoms with Crippen LogP contribution < -0.4 is 28.7 Å². The predicted octanol–water partition coefficient (Wildman–Crippen LogP) is 35.1. The lowest BCUT2D eigenvalue weighted by atomic mass is 9.79. The molecule has 2 aliphatic heterocycles. The van der Waals surface area contributed by atoms with Gasteiger partial charge >= 0.3 is 0 Å². The molecule has 17 aromatic carbocycles. The smallest absolute Gasteiger partial charge is 0.266 e. The van der Waals surface area contributed by atoms with Crippen molar-refractivity contribution < 1.29 is 38.1 Å². The summed E-state index contributed by atoms with van der Waals surface area (Å²) in [6.07, 6.45) is 13.3. The molecule has 2 atom stereocenters. The number of para-hydroxylation sites is 2. The second-order valence-electron chi connectivity index (χ2n) is 43.0. The van der Waals surface area contributed by atoms with Gasteiger partial charge in [0.05, 0.1) is 33.6 Å². The van der Waals surface area contributed by atoms with E-state index in [1.165, 1.54) is 9.80 Å². The largest absolute Gasteiger partial charge is 0.457 e. The molecule has 10 nitrogen and oxygen atoms in total. The van der Waals surface area contributed by atoms with E-state index in [1.54, 1.807) is 0 Å². The molecule has 17 aromatic rings. The Hall–Kier alpha value is -13.6. The summed E-state index contributed by atoms with van der Waals surface area (Å²) in [6, 6.07) is 78.1. The highest BCUT2D eigenvalue weighted by Gasteiger charge is 2.44. The van der Waals surface area contributed by atoms with Crippen LogP contribution in [-0.2, 0) is 21.7 Å². The highest BCUT2D eigenvalue weighted by atomic mass is 35.5. The van der Waals surface area contributed by atoms with Crippen molar-refractivity contribution in [3.05, 3.63) is 348 Å². The quantitative estimate of drug-likeness (QED) is 0.0534. The number of anilines is 2. The highest BCUT2D eigenvalue weighted by molar-refractivity contribution is 6.47. The molecule has 2 aliphatic carbocycles. The number of ether oxygens (including phenoxy) is 4. The molecule has 1 unspecified atom stereocenters. The maximum Gasteiger partial charge on any atom is 0.266 e. The minimum atomic E-state index is -0.432. The van der Waals surface area contributed by atoms with Gasteiger partial charge in [0.25, 0.3) is 23.6 Å². The SMILES string of the molecule is CC(C)c1cccc(C(C)C)c1N1C(=O)c2cc(Oc3ccc(C(C)(C)C)cc3)c3c4cccc5c(C6=CC7/C=C\c8cc(Cl)c(-c9ccc%10c%11c(Oc%12ccc(C(C)(C)C)cc%12)cc%12c%13c(cc(Oc%14ccc(C(C)(C)C)cc%14)c(c%14cccc9c%14%10)c%13%11)C(=O)N(c9c(C(C)C)cccc9C(C)C)C%12=O)cc8/C=C\[C@@H]7C=C6Cl)ccc(c6c(Oc7ccc(C(C)(C)C)cc7)cc(c2c36)C1=O)c54. The molecular weight excluding hydrogens is 1720 g/mol. The van der Waals surface area contributed by atoms with Gasteiger partial charge in [-0.1, -0.05) is 344 Å². The first-order valence-corrected chi connectivity index (χ1v) is 48.5. The number of imide groups is 2. The van der Waals surface area contributed by atoms with Crippen molar-refractivity contribution in [3.8, 4) is 57.1 Å². The van der Waals surface area contributed by atoms with Crippen LogP contribution in [0.3, 0.4) is 0 Å². The van der Waals surface area contributed by atoms with Crippen LogP contribution in [0, 0.1) is 11.8 Å². The van der Waals surface area contributed by atoms with E-state index in [4.69, 9.17) is 42.1 Å². The molecule has 21 rings (SSSR count). The Labute approximate surface area is 805 Å². The van der Waals surface area contributed by atoms with Gasteiger partial charge in [0, 0.05) is 70.5 Å². The van der Waals surface area contributed by atoms with E-state index in [0.29, 0.717) is 111 Å². The van der Waals surface area contributed by atoms with Crippen LogP contribution in [0.15, 0.2) is 260 Å². The number of rotatable bonds is 16. The van der Waals surface area contributed by atoms with Crippen LogP contribution in [0.2, 0.25) is 5.02 Å². The maximum absolute atomic E-state index is 16.2. The Morgan fingerprint density at radius 1 is 0.279 bits per heavy atom. The number of halogens is 2. The van der Waals surface area contributed by atoms with E-state index in [2.05, 4.69) is 296 Å². The number of hydrogen-bond acceptors (Lipinski definition) is 8. The first kappa shape index (κ1) is 88.9. The maximum atomic E-state index is 16.2. The van der Waals surface area contributed by atoms with Gasteiger partial charge in [-0.25, -0.2) is 9.80 Å². The van der Waals surface area contributed by atoms with Crippen molar-refractivity contribution in [2.24, 2.45) is 11.8 Å². The Kier molecular flexibility index (Phi) is 21.3. The van der Waals surface area contributed by atoms with Gasteiger partial charge in [-0.05, 0) is 246 Å². The number of allylic oxidation sites excluding steroid dienone is 6. The summed E-state index contributed by atoms with van der Waals surface area (Å²) < 4.78 is 29.3. The van der Waals surface area contributed by atoms with Crippen LogP contribution in [-0.4, -0.2) is 23.6 Å². The summed E-state index contributed by atoms with van der Waals surface area (Å²) >= 11 is 15.8. The van der Waals surface area contributed by atoms with Gasteiger partial charge in [0.15, 0.2) is 0 Å². The molecule has 0 spiro atoms. The van der Waals surface area contributed by atoms with E-state index < -0.39 is 23.6 Å². The second kappa shape index (κ2) is 32.6. The molecule has 0 fully saturated rings. The zero-order valence-corrected chi connectivity index (χ0v) is 82.3. The van der Waals surface area contributed by atoms with E-state index in [9.17, 15) is 0 Å². The number of hydrogen-bond donors (Lipinski definition) is 0. The highest BCUT2D eigenvalue weighted by Crippen LogP contribution is 2.59. The van der Waals surface area contributed by atoms with Gasteiger partial charge in [0.2, 0.25) is 0 Å². The number of nitrogens with zero attached hydrogens (tertiary/aromatic N) is 2. The number of carbonyl (C=O) groups is 4. The molecule has 136 heavy (non-hydrogen) atoms. The summed E-state index contributed by atoms with van der Waals surface area (Å²) in [7, 11) is 0. The lowest BCUT2D eigenvalue weighted by Crippen LogP contribution is -2.42. The third-order valence-electron chi connectivity index (χ3n) is 28.6. The molecular formula is C124H110Cl2N2O8. The second-order valence-corrected chi connectivity index (χ2v) is 43.8. The fraction of sp³-hybridized carbons (Fsp3) is 0.242. The van der Waals surface area contributed by atoms with Crippen LogP contribution in [0.4, 0.5) is 11.4 Å². The molecule has 12 heteroatoms. The number of carbonyl (C=O) groups excluding carboxylic acids is 4. The molecule has 4 aliphatic rings. The minimum absolute atomic E-state index is 0.0245. The monoisotopic (exact) mass is 1820 g/mol. The van der Waals surface area contributed by atoms with E-state index in [1.807, 2.05) is 109 Å². The fourth-order valence-electron chi connectivity index (χ4n) is 21.4. The zero-order chi connectivity index (χ0) is 95.4. The molecule has 4 amide bonds. The van der Waals surface area contributed by atoms with Crippen molar-refractivity contribution >= 4 is 162 Å².